The van der Waals surface area contributed by atoms with Crippen LogP contribution in [0.4, 0.5) is 0 Å². The molecule has 72 valence electrons. The minimum absolute atomic E-state index is 0.458. The van der Waals surface area contributed by atoms with E-state index in [0.29, 0.717) is 11.3 Å². The lowest BCUT2D eigenvalue weighted by Crippen LogP contribution is -2.22. The fourth-order valence-electron chi connectivity index (χ4n) is 1.25. The van der Waals surface area contributed by atoms with Gasteiger partial charge in [0.05, 0.1) is 5.69 Å². The fourth-order valence-corrected chi connectivity index (χ4v) is 1.25. The highest BCUT2D eigenvalue weighted by molar-refractivity contribution is 5.74. The number of hydrogen-bond acceptors (Lipinski definition) is 4. The van der Waals surface area contributed by atoms with Crippen molar-refractivity contribution in [3.8, 4) is 0 Å². The monoisotopic (exact) mass is 192 g/mol. The van der Waals surface area contributed by atoms with Crippen LogP contribution in [0.15, 0.2) is 24.5 Å². The van der Waals surface area contributed by atoms with Crippen molar-refractivity contribution < 1.29 is 9.90 Å². The second-order valence-corrected chi connectivity index (χ2v) is 2.83. The Morgan fingerprint density at radius 2 is 2.36 bits per heavy atom. The highest BCUT2D eigenvalue weighted by atomic mass is 16.4. The van der Waals surface area contributed by atoms with Gasteiger partial charge in [0.2, 0.25) is 0 Å². The quantitative estimate of drug-likeness (QED) is 0.688. The number of fused-ring (bicyclic) bond motifs is 1. The van der Waals surface area contributed by atoms with E-state index < -0.39 is 12.0 Å². The van der Waals surface area contributed by atoms with Gasteiger partial charge < -0.3 is 10.8 Å². The van der Waals surface area contributed by atoms with Gasteiger partial charge in [0, 0.05) is 0 Å². The summed E-state index contributed by atoms with van der Waals surface area (Å²) in [6.45, 7) is 0. The van der Waals surface area contributed by atoms with Gasteiger partial charge >= 0.3 is 5.97 Å². The number of aromatic nitrogens is 3. The number of carbonyl (C=O) groups is 1. The molecule has 0 amide bonds. The third-order valence-electron chi connectivity index (χ3n) is 1.95. The van der Waals surface area contributed by atoms with Gasteiger partial charge in [-0.15, -0.1) is 10.2 Å². The molecule has 2 aromatic rings. The Labute approximate surface area is 79.0 Å². The first-order valence-electron chi connectivity index (χ1n) is 3.97. The van der Waals surface area contributed by atoms with E-state index in [9.17, 15) is 4.79 Å². The summed E-state index contributed by atoms with van der Waals surface area (Å²) in [6.07, 6.45) is 1.44. The standard InChI is InChI=1S/C8H8N4O2/c9-7(8(13)14)5-2-1-3-6-11-10-4-12(5)6/h1-4,7H,9H2,(H,13,14). The Balaban J connectivity index is 2.61. The molecule has 0 spiro atoms. The molecular formula is C8H8N4O2. The number of aliphatic carboxylic acids is 1. The predicted octanol–water partition coefficient (Wildman–Crippen LogP) is -0.186. The maximum absolute atomic E-state index is 10.7. The number of pyridine rings is 1. The molecule has 1 unspecified atom stereocenters. The normalized spacial score (nSPS) is 12.9. The Morgan fingerprint density at radius 1 is 1.57 bits per heavy atom. The van der Waals surface area contributed by atoms with Crippen LogP contribution < -0.4 is 5.73 Å². The molecule has 0 aliphatic heterocycles. The number of hydrogen-bond donors (Lipinski definition) is 2. The second-order valence-electron chi connectivity index (χ2n) is 2.83. The molecule has 14 heavy (non-hydrogen) atoms. The van der Waals surface area contributed by atoms with E-state index in [-0.39, 0.29) is 0 Å². The molecule has 6 heteroatoms. The number of carboxylic acids is 1. The van der Waals surface area contributed by atoms with Gasteiger partial charge in [-0.1, -0.05) is 6.07 Å². The van der Waals surface area contributed by atoms with Crippen LogP contribution in [0.2, 0.25) is 0 Å². The number of rotatable bonds is 2. The minimum Gasteiger partial charge on any atom is -0.480 e. The molecule has 6 nitrogen and oxygen atoms in total. The molecule has 0 radical (unpaired) electrons. The molecule has 0 fully saturated rings. The first-order valence-corrected chi connectivity index (χ1v) is 3.97. The van der Waals surface area contributed by atoms with Gasteiger partial charge in [-0.3, -0.25) is 9.20 Å². The lowest BCUT2D eigenvalue weighted by molar-refractivity contribution is -0.138. The van der Waals surface area contributed by atoms with Gasteiger partial charge in [-0.05, 0) is 12.1 Å². The summed E-state index contributed by atoms with van der Waals surface area (Å²) in [6, 6.07) is 4.00. The molecular weight excluding hydrogens is 184 g/mol. The zero-order valence-corrected chi connectivity index (χ0v) is 7.16. The minimum atomic E-state index is -1.08. The third kappa shape index (κ3) is 1.21. The third-order valence-corrected chi connectivity index (χ3v) is 1.95. The molecule has 2 heterocycles. The van der Waals surface area contributed by atoms with E-state index in [4.69, 9.17) is 10.8 Å². The van der Waals surface area contributed by atoms with Crippen LogP contribution >= 0.6 is 0 Å². The first-order chi connectivity index (χ1) is 6.70. The van der Waals surface area contributed by atoms with E-state index in [1.165, 1.54) is 6.33 Å². The summed E-state index contributed by atoms with van der Waals surface area (Å²) >= 11 is 0. The van der Waals surface area contributed by atoms with Crippen LogP contribution in [0, 0.1) is 0 Å². The Kier molecular flexibility index (Phi) is 1.90. The van der Waals surface area contributed by atoms with Crippen molar-refractivity contribution in [1.29, 1.82) is 0 Å². The SMILES string of the molecule is NC(C(=O)O)c1cccc2nncn12. The number of nitrogens with zero attached hydrogens (tertiary/aromatic N) is 3. The highest BCUT2D eigenvalue weighted by Gasteiger charge is 2.17. The second kappa shape index (κ2) is 3.08. The van der Waals surface area contributed by atoms with Crippen LogP contribution in [0.25, 0.3) is 5.65 Å². The summed E-state index contributed by atoms with van der Waals surface area (Å²) in [7, 11) is 0. The molecule has 0 aliphatic carbocycles. The van der Waals surface area contributed by atoms with Crippen molar-refractivity contribution in [3.05, 3.63) is 30.2 Å². The van der Waals surface area contributed by atoms with E-state index in [2.05, 4.69) is 10.2 Å². The molecule has 3 N–H and O–H groups in total. The smallest absolute Gasteiger partial charge is 0.326 e. The van der Waals surface area contributed by atoms with Crippen molar-refractivity contribution in [2.45, 2.75) is 6.04 Å². The Morgan fingerprint density at radius 3 is 3.07 bits per heavy atom. The van der Waals surface area contributed by atoms with Crippen molar-refractivity contribution in [2.75, 3.05) is 0 Å². The first kappa shape index (κ1) is 8.64. The van der Waals surface area contributed by atoms with Gasteiger partial charge in [-0.25, -0.2) is 0 Å². The summed E-state index contributed by atoms with van der Waals surface area (Å²) < 4.78 is 1.55. The van der Waals surface area contributed by atoms with Crippen LogP contribution in [-0.4, -0.2) is 25.7 Å². The van der Waals surface area contributed by atoms with E-state index in [1.54, 1.807) is 22.6 Å². The number of carboxylic acid groups (broad SMARTS) is 1. The molecule has 0 aromatic carbocycles. The zero-order chi connectivity index (χ0) is 10.1. The summed E-state index contributed by atoms with van der Waals surface area (Å²) in [5.74, 6) is -1.08. The zero-order valence-electron chi connectivity index (χ0n) is 7.16. The molecule has 0 bridgehead atoms. The maximum Gasteiger partial charge on any atom is 0.326 e. The maximum atomic E-state index is 10.7. The van der Waals surface area contributed by atoms with Gasteiger partial charge in [0.1, 0.15) is 12.4 Å². The van der Waals surface area contributed by atoms with Crippen LogP contribution in [0.3, 0.4) is 0 Å². The molecule has 0 aliphatic rings. The molecule has 1 atom stereocenters. The molecule has 2 aromatic heterocycles. The lowest BCUT2D eigenvalue weighted by atomic mass is 10.2. The van der Waals surface area contributed by atoms with Gasteiger partial charge in [-0.2, -0.15) is 0 Å². The predicted molar refractivity (Wildman–Crippen MR) is 47.6 cm³/mol. The largest absolute Gasteiger partial charge is 0.480 e. The summed E-state index contributed by atoms with van der Waals surface area (Å²) in [5, 5.41) is 16.2. The lowest BCUT2D eigenvalue weighted by Gasteiger charge is -2.08. The molecule has 2 rings (SSSR count). The van der Waals surface area contributed by atoms with Crippen molar-refractivity contribution in [1.82, 2.24) is 14.6 Å². The van der Waals surface area contributed by atoms with E-state index in [1.807, 2.05) is 0 Å². The Hall–Kier alpha value is -1.95. The Bertz CT molecular complexity index is 479. The molecule has 0 saturated heterocycles. The van der Waals surface area contributed by atoms with Gasteiger partial charge in [0.15, 0.2) is 5.65 Å². The van der Waals surface area contributed by atoms with Crippen LogP contribution in [0.1, 0.15) is 11.7 Å². The van der Waals surface area contributed by atoms with Crippen LogP contribution in [0.5, 0.6) is 0 Å². The number of nitrogens with two attached hydrogens (primary N) is 1. The van der Waals surface area contributed by atoms with Crippen molar-refractivity contribution in [2.24, 2.45) is 5.73 Å². The van der Waals surface area contributed by atoms with Crippen LogP contribution in [-0.2, 0) is 4.79 Å². The fraction of sp³-hybridized carbons (Fsp3) is 0.125. The average molecular weight is 192 g/mol. The summed E-state index contributed by atoms with van der Waals surface area (Å²) in [4.78, 5) is 10.7. The van der Waals surface area contributed by atoms with E-state index in [0.717, 1.165) is 0 Å². The van der Waals surface area contributed by atoms with Crippen molar-refractivity contribution >= 4 is 11.6 Å². The molecule has 0 saturated carbocycles. The van der Waals surface area contributed by atoms with E-state index >= 15 is 0 Å². The van der Waals surface area contributed by atoms with Gasteiger partial charge in [0.25, 0.3) is 0 Å². The summed E-state index contributed by atoms with van der Waals surface area (Å²) in [5.41, 5.74) is 6.53. The highest BCUT2D eigenvalue weighted by Crippen LogP contribution is 2.11. The average Bonchev–Trinajstić information content (AvgIpc) is 2.63. The van der Waals surface area contributed by atoms with Crippen molar-refractivity contribution in [3.63, 3.8) is 0 Å². The topological polar surface area (TPSA) is 93.5 Å².